The van der Waals surface area contributed by atoms with Gasteiger partial charge in [-0.3, -0.25) is 0 Å². The van der Waals surface area contributed by atoms with Crippen LogP contribution in [0.25, 0.3) is 0 Å². The highest BCUT2D eigenvalue weighted by Gasteiger charge is 2.86. The van der Waals surface area contributed by atoms with Gasteiger partial charge in [0.15, 0.2) is 5.75 Å². The number of alkyl halides is 15. The number of rotatable bonds is 8. The summed E-state index contributed by atoms with van der Waals surface area (Å²) in [5.74, 6) is -18.2. The van der Waals surface area contributed by atoms with Crippen LogP contribution in [0, 0.1) is 0 Å². The normalized spacial score (nSPS) is 14.2. The monoisotopic (exact) mass is 744 g/mol. The first-order valence-electron chi connectivity index (χ1n) is 10.4. The van der Waals surface area contributed by atoms with E-state index in [1.807, 2.05) is 0 Å². The van der Waals surface area contributed by atoms with Crippen molar-refractivity contribution >= 4 is 49.0 Å². The lowest BCUT2D eigenvalue weighted by molar-refractivity contribution is -0.382. The minimum Gasteiger partial charge on any atom is -0.376 e. The summed E-state index contributed by atoms with van der Waals surface area (Å²) in [5, 5.41) is -6.00. The van der Waals surface area contributed by atoms with Crippen LogP contribution in [0.3, 0.4) is 0 Å². The summed E-state index contributed by atoms with van der Waals surface area (Å²) < 4.78 is 246. The van der Waals surface area contributed by atoms with Crippen LogP contribution < -0.4 is 14.8 Å². The molecule has 2 aromatic carbocycles. The van der Waals surface area contributed by atoms with Crippen LogP contribution >= 0.6 is 11.6 Å². The van der Waals surface area contributed by atoms with Crippen molar-refractivity contribution in [3.05, 3.63) is 47.0 Å². The Balaban J connectivity index is 2.44. The largest absolute Gasteiger partial charge is 0.501 e. The Morgan fingerprint density at radius 3 is 1.58 bits per heavy atom. The lowest BCUT2D eigenvalue weighted by atomic mass is 10.1. The molecule has 0 saturated heterocycles. The zero-order valence-corrected chi connectivity index (χ0v) is 22.7. The minimum absolute atomic E-state index is 0.0564. The van der Waals surface area contributed by atoms with E-state index in [2.05, 4.69) is 4.18 Å². The first kappa shape index (κ1) is 37.8. The number of halogens is 16. The summed E-state index contributed by atoms with van der Waals surface area (Å²) >= 11 is 5.34. The third-order valence-electron chi connectivity index (χ3n) is 4.96. The molecule has 0 aromatic heterocycles. The van der Waals surface area contributed by atoms with Gasteiger partial charge < -0.3 is 14.8 Å². The highest BCUT2D eigenvalue weighted by Crippen LogP contribution is 2.55. The molecule has 0 radical (unpaired) electrons. The maximum atomic E-state index is 13.9. The maximum absolute atomic E-state index is 13.9. The van der Waals surface area contributed by atoms with Crippen molar-refractivity contribution in [2.24, 2.45) is 0 Å². The van der Waals surface area contributed by atoms with Gasteiger partial charge >= 0.3 is 51.1 Å². The molecule has 0 unspecified atom stereocenters. The maximum Gasteiger partial charge on any atom is 0.501 e. The van der Waals surface area contributed by atoms with Gasteiger partial charge in [-0.1, -0.05) is 11.6 Å². The van der Waals surface area contributed by atoms with E-state index in [0.29, 0.717) is 24.3 Å². The Hall–Kier alpha value is -3.35. The smallest absolute Gasteiger partial charge is 0.376 e. The van der Waals surface area contributed by atoms with Crippen molar-refractivity contribution in [2.45, 2.75) is 39.9 Å². The van der Waals surface area contributed by atoms with E-state index in [9.17, 15) is 87.5 Å². The van der Waals surface area contributed by atoms with Crippen molar-refractivity contribution in [2.75, 3.05) is 10.6 Å². The number of carbonyl (C=O) groups is 1. The zero-order valence-electron chi connectivity index (χ0n) is 20.3. The second-order valence-electron chi connectivity index (χ2n) is 8.09. The topological polar surface area (TPSA) is 119 Å². The van der Waals surface area contributed by atoms with E-state index in [1.54, 1.807) is 10.6 Å². The van der Waals surface area contributed by atoms with Crippen LogP contribution in [-0.2, 0) is 26.1 Å². The van der Waals surface area contributed by atoms with Gasteiger partial charge in [0.1, 0.15) is 5.56 Å². The third-order valence-corrected chi connectivity index (χ3v) is 8.01. The van der Waals surface area contributed by atoms with E-state index >= 15 is 0 Å². The van der Waals surface area contributed by atoms with Crippen molar-refractivity contribution < 1.29 is 91.7 Å². The van der Waals surface area contributed by atoms with Crippen LogP contribution in [0.1, 0.15) is 5.56 Å². The van der Waals surface area contributed by atoms with Crippen LogP contribution in [-0.4, -0.2) is 51.7 Å². The molecule has 0 fully saturated rings. The lowest BCUT2D eigenvalue weighted by Gasteiger charge is -2.32. The van der Waals surface area contributed by atoms with Crippen molar-refractivity contribution in [3.8, 4) is 5.75 Å². The fraction of sp³-hybridized carbons (Fsp3) is 0.316. The molecule has 2 aromatic rings. The number of carbonyl (C=O) groups excluding carboxylic acids is 1. The number of nitrogens with one attached hydrogen (secondary N) is 2. The number of urea groups is 1. The average Bonchev–Trinajstić information content (AvgIpc) is 2.83. The van der Waals surface area contributed by atoms with Gasteiger partial charge in [0.2, 0.25) is 0 Å². The molecule has 2 N–H and O–H groups in total. The van der Waals surface area contributed by atoms with Crippen molar-refractivity contribution in [3.63, 3.8) is 0 Å². The molecule has 0 spiro atoms. The van der Waals surface area contributed by atoms with Gasteiger partial charge in [0.05, 0.1) is 9.92 Å². The molecule has 0 aliphatic carbocycles. The number of benzene rings is 2. The number of hydrogen-bond donors (Lipinski definition) is 2. The first-order chi connectivity index (χ1) is 19.8. The first-order valence-corrected chi connectivity index (χ1v) is 13.6. The fourth-order valence-corrected chi connectivity index (χ4v) is 4.80. The molecule has 45 heavy (non-hydrogen) atoms. The summed E-state index contributed by atoms with van der Waals surface area (Å²) in [4.78, 5) is 10.8. The predicted molar refractivity (Wildman–Crippen MR) is 119 cm³/mol. The molecule has 0 aliphatic rings. The molecule has 0 aliphatic heterocycles. The molecule has 0 atom stereocenters. The van der Waals surface area contributed by atoms with Crippen LogP contribution in [0.15, 0.2) is 41.3 Å². The van der Waals surface area contributed by atoms with Gasteiger partial charge in [-0.2, -0.15) is 74.3 Å². The Bertz CT molecular complexity index is 1670. The fourth-order valence-electron chi connectivity index (χ4n) is 2.79. The standard InChI is InChI=1S/C19H8ClF15N2O6S2/c20-11-6-8(37-13(38)36-7-1-3-9(4-2-7)44(39,40)19(33,34)35)5-10(14(21,22)23)12(11)43-45(41,42)18(31,32)16(26,27)15(24,25)17(28,29)30/h1-6H,(H2,36,37,38). The molecular formula is C19H8ClF15N2O6S2. The molecule has 2 amide bonds. The molecule has 0 saturated carbocycles. The molecular weight excluding hydrogens is 737 g/mol. The Morgan fingerprint density at radius 1 is 0.689 bits per heavy atom. The van der Waals surface area contributed by atoms with E-state index in [4.69, 9.17) is 11.6 Å². The zero-order chi connectivity index (χ0) is 35.4. The van der Waals surface area contributed by atoms with Crippen LogP contribution in [0.2, 0.25) is 5.02 Å². The number of anilines is 2. The van der Waals surface area contributed by atoms with Gasteiger partial charge in [0.25, 0.3) is 9.84 Å². The average molecular weight is 745 g/mol. The number of amides is 2. The molecule has 2 rings (SSSR count). The summed E-state index contributed by atoms with van der Waals surface area (Å²) in [6.45, 7) is 0. The molecule has 8 nitrogen and oxygen atoms in total. The predicted octanol–water partition coefficient (Wildman–Crippen LogP) is 7.43. The van der Waals surface area contributed by atoms with Crippen molar-refractivity contribution in [1.82, 2.24) is 0 Å². The van der Waals surface area contributed by atoms with Crippen molar-refractivity contribution in [1.29, 1.82) is 0 Å². The molecule has 26 heteroatoms. The number of sulfone groups is 1. The molecule has 254 valence electrons. The summed E-state index contributed by atoms with van der Waals surface area (Å²) in [6, 6.07) is -0.0382. The minimum atomic E-state index is -7.88. The second-order valence-corrected chi connectivity index (χ2v) is 12.0. The molecule has 0 heterocycles. The summed E-state index contributed by atoms with van der Waals surface area (Å²) in [5.41, 5.74) is -9.96. The van der Waals surface area contributed by atoms with Gasteiger partial charge in [-0.25, -0.2) is 13.2 Å². The second kappa shape index (κ2) is 11.5. The SMILES string of the molecule is O=C(Nc1ccc(S(=O)(=O)C(F)(F)F)cc1)Nc1cc(Cl)c(OS(=O)(=O)C(F)(F)C(F)(F)C(F)(F)C(F)(F)F)c(C(F)(F)F)c1. The Labute approximate surface area is 244 Å². The highest BCUT2D eigenvalue weighted by atomic mass is 35.5. The van der Waals surface area contributed by atoms with Crippen LogP contribution in [0.5, 0.6) is 5.75 Å². The van der Waals surface area contributed by atoms with Crippen LogP contribution in [0.4, 0.5) is 82.0 Å². The Morgan fingerprint density at radius 2 is 1.16 bits per heavy atom. The number of hydrogen-bond acceptors (Lipinski definition) is 6. The highest BCUT2D eigenvalue weighted by molar-refractivity contribution is 7.92. The molecule has 0 bridgehead atoms. The van der Waals surface area contributed by atoms with Gasteiger partial charge in [0, 0.05) is 11.4 Å². The lowest BCUT2D eigenvalue weighted by Crippen LogP contribution is -2.63. The summed E-state index contributed by atoms with van der Waals surface area (Å²) in [7, 11) is -13.7. The van der Waals surface area contributed by atoms with E-state index in [-0.39, 0.29) is 12.1 Å². The van der Waals surface area contributed by atoms with E-state index in [1.165, 1.54) is 0 Å². The van der Waals surface area contributed by atoms with E-state index < -0.39 is 93.6 Å². The van der Waals surface area contributed by atoms with Gasteiger partial charge in [-0.15, -0.1) is 0 Å². The van der Waals surface area contributed by atoms with Gasteiger partial charge in [-0.05, 0) is 36.4 Å². The Kier molecular flexibility index (Phi) is 9.64. The summed E-state index contributed by atoms with van der Waals surface area (Å²) in [6.07, 6.45) is -13.5. The van der Waals surface area contributed by atoms with E-state index in [0.717, 1.165) is 0 Å². The third kappa shape index (κ3) is 7.07. The quantitative estimate of drug-likeness (QED) is 0.215.